The van der Waals surface area contributed by atoms with Gasteiger partial charge in [0.05, 0.1) is 13.1 Å². The van der Waals surface area contributed by atoms with Crippen LogP contribution < -0.4 is 10.2 Å². The zero-order chi connectivity index (χ0) is 20.6. The summed E-state index contributed by atoms with van der Waals surface area (Å²) >= 11 is 0. The van der Waals surface area contributed by atoms with Crippen LogP contribution in [0, 0.1) is 0 Å². The Balaban J connectivity index is 1.20. The number of aromatic nitrogens is 2. The number of carbonyl (C=O) groups is 1. The molecule has 1 aromatic heterocycles. The van der Waals surface area contributed by atoms with E-state index in [-0.39, 0.29) is 5.91 Å². The fourth-order valence-electron chi connectivity index (χ4n) is 3.86. The smallest absolute Gasteiger partial charge is 0.227 e. The minimum Gasteiger partial charge on any atom is -0.352 e. The number of benzene rings is 2. The molecule has 1 amide bonds. The first kappa shape index (κ1) is 20.3. The van der Waals surface area contributed by atoms with Gasteiger partial charge < -0.3 is 14.7 Å². The number of quaternary nitrogens is 1. The van der Waals surface area contributed by atoms with Gasteiger partial charge in [0.1, 0.15) is 6.54 Å². The molecule has 4 rings (SSSR count). The van der Waals surface area contributed by atoms with Crippen LogP contribution in [0.5, 0.6) is 0 Å². The first-order chi connectivity index (χ1) is 14.8. The summed E-state index contributed by atoms with van der Waals surface area (Å²) in [7, 11) is 0. The molecule has 0 spiro atoms. The van der Waals surface area contributed by atoms with Crippen LogP contribution in [0.3, 0.4) is 0 Å². The molecule has 1 aliphatic rings. The molecule has 2 aromatic carbocycles. The number of carbonyl (C=O) groups excluding carboxylic acids is 1. The monoisotopic (exact) mass is 405 g/mol. The molecule has 1 saturated heterocycles. The summed E-state index contributed by atoms with van der Waals surface area (Å²) in [5.74, 6) is 1.02. The number of likely N-dealkylation sites (tertiary alicyclic amines) is 1. The first-order valence-corrected chi connectivity index (χ1v) is 10.8. The van der Waals surface area contributed by atoms with Crippen LogP contribution in [0.25, 0.3) is 11.4 Å². The average Bonchev–Trinajstić information content (AvgIpc) is 3.28. The molecular formula is C24H29N4O2+. The van der Waals surface area contributed by atoms with Crippen LogP contribution in [0.2, 0.25) is 0 Å². The highest BCUT2D eigenvalue weighted by molar-refractivity contribution is 5.76. The van der Waals surface area contributed by atoms with Gasteiger partial charge in [0, 0.05) is 30.5 Å². The number of nitrogens with one attached hydrogen (secondary N) is 2. The van der Waals surface area contributed by atoms with Gasteiger partial charge >= 0.3 is 0 Å². The topological polar surface area (TPSA) is 72.5 Å². The second-order valence-electron chi connectivity index (χ2n) is 7.96. The van der Waals surface area contributed by atoms with E-state index in [2.05, 4.69) is 39.7 Å². The summed E-state index contributed by atoms with van der Waals surface area (Å²) in [5, 5.41) is 6.96. The number of rotatable bonds is 8. The molecule has 0 aliphatic carbocycles. The lowest BCUT2D eigenvalue weighted by atomic mass is 10.1. The second-order valence-corrected chi connectivity index (χ2v) is 7.96. The second kappa shape index (κ2) is 10.2. The van der Waals surface area contributed by atoms with Crippen molar-refractivity contribution >= 4 is 5.91 Å². The quantitative estimate of drug-likeness (QED) is 0.604. The largest absolute Gasteiger partial charge is 0.352 e. The molecule has 2 N–H and O–H groups in total. The van der Waals surface area contributed by atoms with Crippen molar-refractivity contribution in [1.29, 1.82) is 0 Å². The Kier molecular flexibility index (Phi) is 6.87. The van der Waals surface area contributed by atoms with Crippen LogP contribution in [-0.2, 0) is 24.3 Å². The summed E-state index contributed by atoms with van der Waals surface area (Å²) < 4.78 is 5.26. The molecule has 0 radical (unpaired) electrons. The van der Waals surface area contributed by atoms with E-state index in [1.54, 1.807) is 4.90 Å². The fourth-order valence-corrected chi connectivity index (χ4v) is 3.86. The summed E-state index contributed by atoms with van der Waals surface area (Å²) in [6.45, 7) is 4.20. The van der Waals surface area contributed by atoms with Crippen LogP contribution >= 0.6 is 0 Å². The van der Waals surface area contributed by atoms with E-state index < -0.39 is 0 Å². The van der Waals surface area contributed by atoms with Gasteiger partial charge in [-0.3, -0.25) is 4.79 Å². The molecule has 0 unspecified atom stereocenters. The lowest BCUT2D eigenvalue weighted by molar-refractivity contribution is -0.918. The van der Waals surface area contributed by atoms with E-state index in [0.29, 0.717) is 31.1 Å². The third-order valence-electron chi connectivity index (χ3n) is 5.59. The Labute approximate surface area is 177 Å². The molecule has 6 nitrogen and oxygen atoms in total. The maximum Gasteiger partial charge on any atom is 0.227 e. The molecule has 30 heavy (non-hydrogen) atoms. The van der Waals surface area contributed by atoms with E-state index in [1.807, 2.05) is 30.3 Å². The number of nitrogens with zero attached hydrogens (tertiary/aromatic N) is 2. The minimum absolute atomic E-state index is 0.0173. The molecule has 156 valence electrons. The van der Waals surface area contributed by atoms with E-state index in [1.165, 1.54) is 37.9 Å². The lowest BCUT2D eigenvalue weighted by Crippen LogP contribution is -3.11. The van der Waals surface area contributed by atoms with Crippen molar-refractivity contribution in [2.24, 2.45) is 0 Å². The maximum absolute atomic E-state index is 12.2. The Morgan fingerprint density at radius 1 is 0.967 bits per heavy atom. The normalized spacial score (nSPS) is 14.5. The van der Waals surface area contributed by atoms with Crippen LogP contribution in [-0.4, -0.2) is 29.1 Å². The van der Waals surface area contributed by atoms with Crippen molar-refractivity contribution in [1.82, 2.24) is 15.5 Å². The van der Waals surface area contributed by atoms with E-state index in [0.717, 1.165) is 17.7 Å². The molecule has 6 heteroatoms. The van der Waals surface area contributed by atoms with E-state index >= 15 is 0 Å². The van der Waals surface area contributed by atoms with Crippen molar-refractivity contribution in [3.63, 3.8) is 0 Å². The van der Waals surface area contributed by atoms with E-state index in [9.17, 15) is 4.79 Å². The molecule has 0 bridgehead atoms. The summed E-state index contributed by atoms with van der Waals surface area (Å²) in [6.07, 6.45) is 4.83. The van der Waals surface area contributed by atoms with Gasteiger partial charge in [-0.2, -0.15) is 4.98 Å². The fraction of sp³-hybridized carbons (Fsp3) is 0.375. The maximum atomic E-state index is 12.2. The minimum atomic E-state index is -0.0173. The summed E-state index contributed by atoms with van der Waals surface area (Å²) in [6, 6.07) is 18.3. The van der Waals surface area contributed by atoms with Gasteiger partial charge in [0.15, 0.2) is 0 Å². The third kappa shape index (κ3) is 5.76. The Morgan fingerprint density at radius 2 is 1.70 bits per heavy atom. The molecular weight excluding hydrogens is 376 g/mol. The molecule has 0 saturated carbocycles. The predicted octanol–water partition coefficient (Wildman–Crippen LogP) is 2.55. The highest BCUT2D eigenvalue weighted by Gasteiger charge is 2.14. The van der Waals surface area contributed by atoms with Crippen molar-refractivity contribution in [2.45, 2.75) is 45.2 Å². The SMILES string of the molecule is O=C(CCc1nc(-c2ccccc2)no1)NCc1ccc(C[NH+]2CCCCC2)cc1. The molecule has 1 aliphatic heterocycles. The molecule has 3 aromatic rings. The van der Waals surface area contributed by atoms with Gasteiger partial charge in [-0.05, 0) is 24.8 Å². The van der Waals surface area contributed by atoms with Crippen LogP contribution in [0.4, 0.5) is 0 Å². The highest BCUT2D eigenvalue weighted by atomic mass is 16.5. The zero-order valence-corrected chi connectivity index (χ0v) is 17.3. The van der Waals surface area contributed by atoms with Crippen LogP contribution in [0.15, 0.2) is 59.1 Å². The summed E-state index contributed by atoms with van der Waals surface area (Å²) in [5.41, 5.74) is 3.39. The van der Waals surface area contributed by atoms with Gasteiger partial charge in [-0.15, -0.1) is 0 Å². The Hall–Kier alpha value is -2.99. The number of hydrogen-bond donors (Lipinski definition) is 2. The zero-order valence-electron chi connectivity index (χ0n) is 17.3. The van der Waals surface area contributed by atoms with Gasteiger partial charge in [0.25, 0.3) is 0 Å². The van der Waals surface area contributed by atoms with E-state index in [4.69, 9.17) is 4.52 Å². The van der Waals surface area contributed by atoms with Crippen molar-refractivity contribution in [3.05, 3.63) is 71.6 Å². The molecule has 1 fully saturated rings. The predicted molar refractivity (Wildman–Crippen MR) is 115 cm³/mol. The van der Waals surface area contributed by atoms with Gasteiger partial charge in [0.2, 0.25) is 17.6 Å². The van der Waals surface area contributed by atoms with Crippen LogP contribution in [0.1, 0.15) is 42.7 Å². The number of aryl methyl sites for hydroxylation is 1. The Bertz CT molecular complexity index is 931. The lowest BCUT2D eigenvalue weighted by Gasteiger charge is -2.23. The number of amides is 1. The van der Waals surface area contributed by atoms with Gasteiger partial charge in [-0.25, -0.2) is 0 Å². The van der Waals surface area contributed by atoms with Crippen molar-refractivity contribution in [2.75, 3.05) is 13.1 Å². The first-order valence-electron chi connectivity index (χ1n) is 10.8. The number of hydrogen-bond acceptors (Lipinski definition) is 4. The average molecular weight is 406 g/mol. The number of piperidine rings is 1. The summed E-state index contributed by atoms with van der Waals surface area (Å²) in [4.78, 5) is 18.2. The standard InChI is InChI=1S/C24H28N4O2/c29-22(13-14-23-26-24(27-30-23)21-7-3-1-4-8-21)25-17-19-9-11-20(12-10-19)18-28-15-5-2-6-16-28/h1,3-4,7-12H,2,5-6,13-18H2,(H,25,29)/p+1. The van der Waals surface area contributed by atoms with Crippen molar-refractivity contribution in [3.8, 4) is 11.4 Å². The third-order valence-corrected chi connectivity index (χ3v) is 5.59. The molecule has 2 heterocycles. The van der Waals surface area contributed by atoms with Gasteiger partial charge in [-0.1, -0.05) is 59.8 Å². The van der Waals surface area contributed by atoms with Crippen molar-refractivity contribution < 1.29 is 14.2 Å². The Morgan fingerprint density at radius 3 is 2.47 bits per heavy atom. The highest BCUT2D eigenvalue weighted by Crippen LogP contribution is 2.15. The molecule has 0 atom stereocenters.